The van der Waals surface area contributed by atoms with Crippen molar-refractivity contribution in [2.75, 3.05) is 0 Å². The van der Waals surface area contributed by atoms with Gasteiger partial charge in [0.25, 0.3) is 5.69 Å². The first-order valence-electron chi connectivity index (χ1n) is 5.04. The first kappa shape index (κ1) is 12.2. The van der Waals surface area contributed by atoms with Gasteiger partial charge in [0.1, 0.15) is 11.8 Å². The molecule has 1 aromatic carbocycles. The first-order valence-corrected chi connectivity index (χ1v) is 6.03. The molecule has 18 heavy (non-hydrogen) atoms. The van der Waals surface area contributed by atoms with Gasteiger partial charge >= 0.3 is 0 Å². The number of hydrogen-bond donors (Lipinski definition) is 0. The maximum atomic E-state index is 10.6. The Labute approximate surface area is 107 Å². The van der Waals surface area contributed by atoms with E-state index in [1.165, 1.54) is 23.9 Å². The van der Waals surface area contributed by atoms with Gasteiger partial charge < -0.3 is 4.42 Å². The number of nitriles is 1. The number of hydrogen-bond acceptors (Lipinski definition) is 5. The van der Waals surface area contributed by atoms with E-state index in [0.717, 1.165) is 5.76 Å². The van der Waals surface area contributed by atoms with Gasteiger partial charge in [-0.2, -0.15) is 5.26 Å². The van der Waals surface area contributed by atoms with E-state index < -0.39 is 4.92 Å². The number of benzene rings is 1. The number of furan rings is 1. The number of non-ortho nitro benzene ring substituents is 1. The Balaban J connectivity index is 2.18. The molecule has 0 amide bonds. The average Bonchev–Trinajstić information content (AvgIpc) is 2.89. The molecule has 6 heteroatoms. The lowest BCUT2D eigenvalue weighted by atomic mass is 10.2. The van der Waals surface area contributed by atoms with Crippen molar-refractivity contribution >= 4 is 17.4 Å². The van der Waals surface area contributed by atoms with Crippen LogP contribution in [-0.2, 0) is 5.75 Å². The highest BCUT2D eigenvalue weighted by Crippen LogP contribution is 2.28. The molecule has 0 fully saturated rings. The highest BCUT2D eigenvalue weighted by molar-refractivity contribution is 7.98. The van der Waals surface area contributed by atoms with Gasteiger partial charge in [0.15, 0.2) is 0 Å². The smallest absolute Gasteiger partial charge is 0.270 e. The van der Waals surface area contributed by atoms with Gasteiger partial charge in [0, 0.05) is 17.0 Å². The van der Waals surface area contributed by atoms with Crippen molar-refractivity contribution in [1.82, 2.24) is 0 Å². The van der Waals surface area contributed by atoms with Crippen LogP contribution in [-0.4, -0.2) is 4.92 Å². The molecule has 0 aliphatic heterocycles. The van der Waals surface area contributed by atoms with E-state index in [2.05, 4.69) is 0 Å². The molecule has 1 heterocycles. The molecule has 0 atom stereocenters. The first-order chi connectivity index (χ1) is 8.70. The number of thioether (sulfide) groups is 1. The number of nitrogens with zero attached hydrogens (tertiary/aromatic N) is 2. The van der Waals surface area contributed by atoms with Crippen molar-refractivity contribution in [3.05, 3.63) is 58.0 Å². The minimum absolute atomic E-state index is 0.0751. The van der Waals surface area contributed by atoms with E-state index in [4.69, 9.17) is 9.68 Å². The average molecular weight is 260 g/mol. The van der Waals surface area contributed by atoms with Crippen molar-refractivity contribution in [2.45, 2.75) is 10.6 Å². The van der Waals surface area contributed by atoms with Gasteiger partial charge in [0.05, 0.1) is 22.5 Å². The van der Waals surface area contributed by atoms with Gasteiger partial charge in [-0.1, -0.05) is 0 Å². The summed E-state index contributed by atoms with van der Waals surface area (Å²) in [6.07, 6.45) is 1.58. The molecule has 1 aromatic heterocycles. The minimum atomic E-state index is -0.512. The highest BCUT2D eigenvalue weighted by atomic mass is 32.2. The van der Waals surface area contributed by atoms with Crippen molar-refractivity contribution < 1.29 is 9.34 Å². The predicted octanol–water partition coefficient (Wildman–Crippen LogP) is 3.35. The zero-order valence-corrected chi connectivity index (χ0v) is 10.0. The molecular formula is C12H8N2O3S. The number of nitro groups is 1. The predicted molar refractivity (Wildman–Crippen MR) is 66.1 cm³/mol. The lowest BCUT2D eigenvalue weighted by Crippen LogP contribution is -1.90. The SMILES string of the molecule is N#Cc1cc([N+](=O)[O-])ccc1SCc1ccco1. The molecule has 0 spiro atoms. The van der Waals surface area contributed by atoms with Crippen molar-refractivity contribution in [1.29, 1.82) is 5.26 Å². The Morgan fingerprint density at radius 3 is 2.89 bits per heavy atom. The second-order valence-corrected chi connectivity index (χ2v) is 4.43. The standard InChI is InChI=1S/C12H8N2O3S/c13-7-9-6-10(14(15)16)3-4-12(9)18-8-11-2-1-5-17-11/h1-6H,8H2. The lowest BCUT2D eigenvalue weighted by molar-refractivity contribution is -0.384. The molecule has 5 nitrogen and oxygen atoms in total. The van der Waals surface area contributed by atoms with Gasteiger partial charge in [-0.25, -0.2) is 0 Å². The normalized spacial score (nSPS) is 9.94. The zero-order chi connectivity index (χ0) is 13.0. The van der Waals surface area contributed by atoms with Gasteiger partial charge in [-0.05, 0) is 18.2 Å². The molecule has 0 unspecified atom stereocenters. The van der Waals surface area contributed by atoms with E-state index in [0.29, 0.717) is 16.2 Å². The van der Waals surface area contributed by atoms with Gasteiger partial charge in [-0.15, -0.1) is 11.8 Å². The number of nitro benzene ring substituents is 1. The summed E-state index contributed by atoms with van der Waals surface area (Å²) < 4.78 is 5.18. The van der Waals surface area contributed by atoms with Crippen LogP contribution in [0.25, 0.3) is 0 Å². The molecule has 0 radical (unpaired) electrons. The summed E-state index contributed by atoms with van der Waals surface area (Å²) in [4.78, 5) is 10.8. The summed E-state index contributed by atoms with van der Waals surface area (Å²) in [7, 11) is 0. The number of rotatable bonds is 4. The summed E-state index contributed by atoms with van der Waals surface area (Å²) in [6.45, 7) is 0. The van der Waals surface area contributed by atoms with E-state index >= 15 is 0 Å². The molecule has 0 aliphatic carbocycles. The van der Waals surface area contributed by atoms with Crippen LogP contribution in [0.2, 0.25) is 0 Å². The Morgan fingerprint density at radius 1 is 1.44 bits per heavy atom. The molecule has 0 saturated carbocycles. The van der Waals surface area contributed by atoms with E-state index in [-0.39, 0.29) is 5.69 Å². The largest absolute Gasteiger partial charge is 0.468 e. The second-order valence-electron chi connectivity index (χ2n) is 3.42. The molecule has 0 saturated heterocycles. The monoisotopic (exact) mass is 260 g/mol. The fourth-order valence-corrected chi connectivity index (χ4v) is 2.27. The lowest BCUT2D eigenvalue weighted by Gasteiger charge is -2.02. The molecule has 2 aromatic rings. The Morgan fingerprint density at radius 2 is 2.28 bits per heavy atom. The quantitative estimate of drug-likeness (QED) is 0.478. The fraction of sp³-hybridized carbons (Fsp3) is 0.0833. The van der Waals surface area contributed by atoms with E-state index in [1.54, 1.807) is 18.4 Å². The summed E-state index contributed by atoms with van der Waals surface area (Å²) in [5, 5.41) is 19.6. The van der Waals surface area contributed by atoms with Gasteiger partial charge in [0.2, 0.25) is 0 Å². The van der Waals surface area contributed by atoms with Crippen LogP contribution in [0.4, 0.5) is 5.69 Å². The molecule has 2 rings (SSSR count). The van der Waals surface area contributed by atoms with Crippen LogP contribution in [0.5, 0.6) is 0 Å². The third-order valence-corrected chi connectivity index (χ3v) is 3.34. The van der Waals surface area contributed by atoms with Crippen molar-refractivity contribution in [3.8, 4) is 6.07 Å². The van der Waals surface area contributed by atoms with Crippen LogP contribution >= 0.6 is 11.8 Å². The Hall–Kier alpha value is -2.26. The summed E-state index contributed by atoms with van der Waals surface area (Å²) >= 11 is 1.41. The third-order valence-electron chi connectivity index (χ3n) is 2.24. The van der Waals surface area contributed by atoms with Gasteiger partial charge in [-0.3, -0.25) is 10.1 Å². The minimum Gasteiger partial charge on any atom is -0.468 e. The van der Waals surface area contributed by atoms with Crippen LogP contribution < -0.4 is 0 Å². The Bertz CT molecular complexity index is 602. The molecule has 90 valence electrons. The second kappa shape index (κ2) is 5.38. The summed E-state index contributed by atoms with van der Waals surface area (Å²) in [5.74, 6) is 1.38. The third kappa shape index (κ3) is 2.70. The van der Waals surface area contributed by atoms with Crippen LogP contribution in [0.15, 0.2) is 45.9 Å². The van der Waals surface area contributed by atoms with Crippen LogP contribution in [0.3, 0.4) is 0 Å². The Kier molecular flexibility index (Phi) is 3.65. The van der Waals surface area contributed by atoms with Crippen LogP contribution in [0, 0.1) is 21.4 Å². The van der Waals surface area contributed by atoms with E-state index in [1.807, 2.05) is 12.1 Å². The highest BCUT2D eigenvalue weighted by Gasteiger charge is 2.11. The molecule has 0 aliphatic rings. The maximum absolute atomic E-state index is 10.6. The molecular weight excluding hydrogens is 252 g/mol. The summed E-state index contributed by atoms with van der Waals surface area (Å²) in [5.41, 5.74) is 0.231. The maximum Gasteiger partial charge on any atom is 0.270 e. The van der Waals surface area contributed by atoms with E-state index in [9.17, 15) is 10.1 Å². The molecule has 0 bridgehead atoms. The van der Waals surface area contributed by atoms with Crippen molar-refractivity contribution in [2.24, 2.45) is 0 Å². The topological polar surface area (TPSA) is 80.1 Å². The molecule has 0 N–H and O–H groups in total. The van der Waals surface area contributed by atoms with Crippen molar-refractivity contribution in [3.63, 3.8) is 0 Å². The van der Waals surface area contributed by atoms with Crippen LogP contribution in [0.1, 0.15) is 11.3 Å². The zero-order valence-electron chi connectivity index (χ0n) is 9.20. The fourth-order valence-electron chi connectivity index (χ4n) is 1.39. The summed E-state index contributed by atoms with van der Waals surface area (Å²) in [6, 6.07) is 9.86.